The first-order chi connectivity index (χ1) is 14.1. The average Bonchev–Trinajstić information content (AvgIpc) is 3.06. The molecular formula is C24H15Cl2FN2. The molecule has 0 bridgehead atoms. The summed E-state index contributed by atoms with van der Waals surface area (Å²) in [4.78, 5) is 0. The molecule has 0 amide bonds. The molecular weight excluding hydrogens is 406 g/mol. The maximum Gasteiger partial charge on any atom is 0.131 e. The number of hydrogen-bond acceptors (Lipinski definition) is 1. The molecule has 0 aliphatic heterocycles. The van der Waals surface area contributed by atoms with Gasteiger partial charge in [0.1, 0.15) is 5.82 Å². The van der Waals surface area contributed by atoms with Crippen LogP contribution in [0.5, 0.6) is 0 Å². The summed E-state index contributed by atoms with van der Waals surface area (Å²) in [5.74, 6) is -0.419. The van der Waals surface area contributed by atoms with Crippen molar-refractivity contribution in [2.45, 2.75) is 6.54 Å². The smallest absolute Gasteiger partial charge is 0.131 e. The SMILES string of the molecule is N#C/C(=C/c1cn(Cc2ccc(Cl)cc2Cl)c2ccccc12)c1ccccc1F. The standard InChI is InChI=1S/C24H15Cl2FN2/c25-19-10-9-16(22(26)12-19)14-29-15-18(21-6-2-4-8-24(21)29)11-17(13-28)20-5-1-3-7-23(20)27/h1-12,15H,14H2/b17-11-. The normalized spacial score (nSPS) is 11.6. The summed E-state index contributed by atoms with van der Waals surface area (Å²) in [6.07, 6.45) is 3.68. The van der Waals surface area contributed by atoms with E-state index in [4.69, 9.17) is 23.2 Å². The summed E-state index contributed by atoms with van der Waals surface area (Å²) in [5, 5.41) is 11.8. The lowest BCUT2D eigenvalue weighted by Gasteiger charge is -2.08. The minimum Gasteiger partial charge on any atom is -0.342 e. The Morgan fingerprint density at radius 1 is 1.03 bits per heavy atom. The molecule has 0 fully saturated rings. The number of hydrogen-bond donors (Lipinski definition) is 0. The highest BCUT2D eigenvalue weighted by molar-refractivity contribution is 6.35. The molecule has 4 aromatic rings. The summed E-state index contributed by atoms with van der Waals surface area (Å²) >= 11 is 12.4. The van der Waals surface area contributed by atoms with Crippen molar-refractivity contribution in [2.24, 2.45) is 0 Å². The van der Waals surface area contributed by atoms with E-state index < -0.39 is 5.82 Å². The Kier molecular flexibility index (Phi) is 5.40. The molecule has 2 nitrogen and oxygen atoms in total. The lowest BCUT2D eigenvalue weighted by atomic mass is 10.0. The van der Waals surface area contributed by atoms with Gasteiger partial charge in [-0.3, -0.25) is 0 Å². The molecule has 0 aliphatic rings. The monoisotopic (exact) mass is 420 g/mol. The molecule has 0 saturated heterocycles. The van der Waals surface area contributed by atoms with Crippen molar-refractivity contribution in [3.63, 3.8) is 0 Å². The summed E-state index contributed by atoms with van der Waals surface area (Å²) in [5.41, 5.74) is 3.33. The van der Waals surface area contributed by atoms with E-state index >= 15 is 0 Å². The van der Waals surface area contributed by atoms with Crippen LogP contribution in [0.1, 0.15) is 16.7 Å². The third kappa shape index (κ3) is 3.91. The van der Waals surface area contributed by atoms with Crippen molar-refractivity contribution in [3.05, 3.63) is 105 Å². The third-order valence-electron chi connectivity index (χ3n) is 4.76. The first-order valence-corrected chi connectivity index (χ1v) is 9.71. The quantitative estimate of drug-likeness (QED) is 0.320. The minimum atomic E-state index is -0.419. The van der Waals surface area contributed by atoms with Crippen LogP contribution in [-0.2, 0) is 6.54 Å². The molecule has 0 saturated carbocycles. The molecule has 0 spiro atoms. The number of rotatable bonds is 4. The Hall–Kier alpha value is -3.06. The van der Waals surface area contributed by atoms with E-state index in [0.29, 0.717) is 16.6 Å². The zero-order chi connectivity index (χ0) is 20.4. The minimum absolute atomic E-state index is 0.274. The molecule has 1 aromatic heterocycles. The highest BCUT2D eigenvalue weighted by Crippen LogP contribution is 2.29. The lowest BCUT2D eigenvalue weighted by molar-refractivity contribution is 0.624. The molecule has 1 heterocycles. The Morgan fingerprint density at radius 3 is 2.55 bits per heavy atom. The molecule has 0 unspecified atom stereocenters. The van der Waals surface area contributed by atoms with E-state index in [9.17, 15) is 9.65 Å². The van der Waals surface area contributed by atoms with Crippen LogP contribution in [0.3, 0.4) is 0 Å². The average molecular weight is 421 g/mol. The molecule has 142 valence electrons. The van der Waals surface area contributed by atoms with E-state index in [-0.39, 0.29) is 11.1 Å². The first-order valence-electron chi connectivity index (χ1n) is 8.95. The molecule has 4 rings (SSSR count). The highest BCUT2D eigenvalue weighted by atomic mass is 35.5. The predicted octanol–water partition coefficient (Wildman–Crippen LogP) is 7.20. The zero-order valence-corrected chi connectivity index (χ0v) is 16.8. The van der Waals surface area contributed by atoms with Gasteiger partial charge in [0.2, 0.25) is 0 Å². The van der Waals surface area contributed by atoms with Crippen molar-refractivity contribution >= 4 is 45.8 Å². The summed E-state index contributed by atoms with van der Waals surface area (Å²) < 4.78 is 16.3. The van der Waals surface area contributed by atoms with Gasteiger partial charge in [-0.25, -0.2) is 4.39 Å². The molecule has 0 aliphatic carbocycles. The van der Waals surface area contributed by atoms with Crippen molar-refractivity contribution < 1.29 is 4.39 Å². The summed E-state index contributed by atoms with van der Waals surface area (Å²) in [6.45, 7) is 0.548. The van der Waals surface area contributed by atoms with Gasteiger partial charge in [-0.05, 0) is 35.9 Å². The van der Waals surface area contributed by atoms with Crippen molar-refractivity contribution in [2.75, 3.05) is 0 Å². The Balaban J connectivity index is 1.82. The van der Waals surface area contributed by atoms with Gasteiger partial charge in [0.05, 0.1) is 11.6 Å². The molecule has 0 radical (unpaired) electrons. The van der Waals surface area contributed by atoms with Crippen LogP contribution in [0.15, 0.2) is 72.9 Å². The van der Waals surface area contributed by atoms with Gasteiger partial charge in [0, 0.05) is 44.8 Å². The van der Waals surface area contributed by atoms with Crippen LogP contribution in [0.4, 0.5) is 4.39 Å². The zero-order valence-electron chi connectivity index (χ0n) is 15.2. The van der Waals surface area contributed by atoms with Crippen molar-refractivity contribution in [3.8, 4) is 6.07 Å². The number of aromatic nitrogens is 1. The second kappa shape index (κ2) is 8.13. The fourth-order valence-corrected chi connectivity index (χ4v) is 3.83. The molecule has 0 atom stereocenters. The largest absolute Gasteiger partial charge is 0.342 e. The number of benzene rings is 3. The van der Waals surface area contributed by atoms with Crippen molar-refractivity contribution in [1.29, 1.82) is 5.26 Å². The van der Waals surface area contributed by atoms with Crippen LogP contribution >= 0.6 is 23.2 Å². The molecule has 29 heavy (non-hydrogen) atoms. The number of nitrogens with zero attached hydrogens (tertiary/aromatic N) is 2. The van der Waals surface area contributed by atoms with Crippen LogP contribution in [0.2, 0.25) is 10.0 Å². The van der Waals surface area contributed by atoms with Gasteiger partial charge in [-0.1, -0.05) is 65.7 Å². The first kappa shape index (κ1) is 19.3. The van der Waals surface area contributed by atoms with Gasteiger partial charge in [-0.2, -0.15) is 5.26 Å². The predicted molar refractivity (Wildman–Crippen MR) is 117 cm³/mol. The van der Waals surface area contributed by atoms with Crippen LogP contribution < -0.4 is 0 Å². The van der Waals surface area contributed by atoms with Crippen molar-refractivity contribution in [1.82, 2.24) is 4.57 Å². The Bertz CT molecular complexity index is 1280. The van der Waals surface area contributed by atoms with E-state index in [0.717, 1.165) is 22.0 Å². The topological polar surface area (TPSA) is 28.7 Å². The maximum absolute atomic E-state index is 14.2. The van der Waals surface area contributed by atoms with Gasteiger partial charge in [0.15, 0.2) is 0 Å². The van der Waals surface area contributed by atoms with Crippen LogP contribution in [0, 0.1) is 17.1 Å². The molecule has 5 heteroatoms. The second-order valence-electron chi connectivity index (χ2n) is 6.61. The highest BCUT2D eigenvalue weighted by Gasteiger charge is 2.12. The number of para-hydroxylation sites is 1. The van der Waals surface area contributed by atoms with E-state index in [1.165, 1.54) is 6.07 Å². The maximum atomic E-state index is 14.2. The van der Waals surface area contributed by atoms with E-state index in [2.05, 4.69) is 10.6 Å². The van der Waals surface area contributed by atoms with Gasteiger partial charge >= 0.3 is 0 Å². The number of halogens is 3. The van der Waals surface area contributed by atoms with Crippen LogP contribution in [0.25, 0.3) is 22.6 Å². The fraction of sp³-hybridized carbons (Fsp3) is 0.0417. The van der Waals surface area contributed by atoms with Gasteiger partial charge in [-0.15, -0.1) is 0 Å². The van der Waals surface area contributed by atoms with E-state index in [1.807, 2.05) is 36.5 Å². The Morgan fingerprint density at radius 2 is 1.79 bits per heavy atom. The number of allylic oxidation sites excluding steroid dienone is 1. The van der Waals surface area contributed by atoms with E-state index in [1.54, 1.807) is 36.4 Å². The third-order valence-corrected chi connectivity index (χ3v) is 5.35. The number of fused-ring (bicyclic) bond motifs is 1. The number of nitriles is 1. The Labute approximate surface area is 178 Å². The lowest BCUT2D eigenvalue weighted by Crippen LogP contribution is -1.98. The van der Waals surface area contributed by atoms with Gasteiger partial charge < -0.3 is 4.57 Å². The fourth-order valence-electron chi connectivity index (χ4n) is 3.36. The second-order valence-corrected chi connectivity index (χ2v) is 7.46. The molecule has 0 N–H and O–H groups in total. The molecule has 3 aromatic carbocycles. The summed E-state index contributed by atoms with van der Waals surface area (Å²) in [6, 6.07) is 21.7. The van der Waals surface area contributed by atoms with Gasteiger partial charge in [0.25, 0.3) is 0 Å². The van der Waals surface area contributed by atoms with Crippen LogP contribution in [-0.4, -0.2) is 4.57 Å². The summed E-state index contributed by atoms with van der Waals surface area (Å²) in [7, 11) is 0.